The van der Waals surface area contributed by atoms with E-state index in [0.717, 1.165) is 18.7 Å². The van der Waals surface area contributed by atoms with Gasteiger partial charge >= 0.3 is 0 Å². The van der Waals surface area contributed by atoms with Crippen LogP contribution in [0.2, 0.25) is 0 Å². The van der Waals surface area contributed by atoms with Crippen LogP contribution in [0.15, 0.2) is 24.3 Å². The molecular formula is C27H59NO3. The molecule has 4 unspecified atom stereocenters. The van der Waals surface area contributed by atoms with Gasteiger partial charge in [-0.1, -0.05) is 82.0 Å². The lowest BCUT2D eigenvalue weighted by atomic mass is 10.1. The first kappa shape index (κ1) is 40.3. The molecule has 0 bridgehead atoms. The van der Waals surface area contributed by atoms with Crippen LogP contribution < -0.4 is 10.1 Å². The number of rotatable bonds is 14. The summed E-state index contributed by atoms with van der Waals surface area (Å²) in [6.45, 7) is 15.8. The number of ether oxygens (including phenoxy) is 3. The number of hydrogen-bond donors (Lipinski definition) is 1. The molecule has 190 valence electrons. The molecule has 0 aliphatic rings. The molecule has 0 heterocycles. The maximum atomic E-state index is 6.02. The van der Waals surface area contributed by atoms with Crippen LogP contribution in [0.25, 0.3) is 0 Å². The molecule has 0 amide bonds. The van der Waals surface area contributed by atoms with Crippen LogP contribution >= 0.6 is 0 Å². The number of aryl methyl sites for hydroxylation is 1. The Hall–Kier alpha value is -1.10. The van der Waals surface area contributed by atoms with Crippen LogP contribution in [0.4, 0.5) is 0 Å². The van der Waals surface area contributed by atoms with Gasteiger partial charge < -0.3 is 19.5 Å². The fourth-order valence-corrected chi connectivity index (χ4v) is 2.34. The highest BCUT2D eigenvalue weighted by Crippen LogP contribution is 2.12. The zero-order valence-electron chi connectivity index (χ0n) is 17.6. The van der Waals surface area contributed by atoms with Gasteiger partial charge in [-0.25, -0.2) is 0 Å². The third-order valence-corrected chi connectivity index (χ3v) is 4.62. The molecule has 1 N–H and O–H groups in total. The third-order valence-electron chi connectivity index (χ3n) is 4.62. The van der Waals surface area contributed by atoms with Crippen LogP contribution in [-0.4, -0.2) is 44.6 Å². The topological polar surface area (TPSA) is 39.7 Å². The molecule has 0 aliphatic carbocycles. The smallest absolute Gasteiger partial charge is 0.119 e. The maximum absolute atomic E-state index is 6.02. The molecule has 0 radical (unpaired) electrons. The molecule has 0 aromatic heterocycles. The van der Waals surface area contributed by atoms with Gasteiger partial charge in [0.15, 0.2) is 0 Å². The first-order valence-electron chi connectivity index (χ1n) is 10.1. The molecule has 0 saturated heterocycles. The lowest BCUT2D eigenvalue weighted by Crippen LogP contribution is -2.36. The predicted octanol–water partition coefficient (Wildman–Crippen LogP) is 7.78. The van der Waals surface area contributed by atoms with Crippen LogP contribution in [0.1, 0.15) is 90.2 Å². The molecule has 1 rings (SSSR count). The fraction of sp³-hybridized carbons (Fsp3) is 0.778. The van der Waals surface area contributed by atoms with Crippen molar-refractivity contribution in [1.82, 2.24) is 5.32 Å². The summed E-state index contributed by atoms with van der Waals surface area (Å²) in [6, 6.07) is 8.46. The van der Waals surface area contributed by atoms with E-state index in [9.17, 15) is 0 Å². The summed E-state index contributed by atoms with van der Waals surface area (Å²) >= 11 is 0. The van der Waals surface area contributed by atoms with E-state index in [4.69, 9.17) is 14.2 Å². The summed E-state index contributed by atoms with van der Waals surface area (Å²) in [5, 5.41) is 3.53. The van der Waals surface area contributed by atoms with Gasteiger partial charge in [-0.3, -0.25) is 0 Å². The number of hydrogen-bond acceptors (Lipinski definition) is 4. The van der Waals surface area contributed by atoms with Crippen molar-refractivity contribution in [3.8, 4) is 5.75 Å². The fourth-order valence-electron chi connectivity index (χ4n) is 2.34. The highest BCUT2D eigenvalue weighted by Gasteiger charge is 2.13. The highest BCUT2D eigenvalue weighted by molar-refractivity contribution is 5.26. The van der Waals surface area contributed by atoms with Gasteiger partial charge in [0.25, 0.3) is 0 Å². The Labute approximate surface area is 197 Å². The third kappa shape index (κ3) is 19.3. The minimum atomic E-state index is 0. The Bertz CT molecular complexity index is 464. The van der Waals surface area contributed by atoms with Gasteiger partial charge in [-0.2, -0.15) is 0 Å². The van der Waals surface area contributed by atoms with Crippen molar-refractivity contribution in [2.75, 3.05) is 26.4 Å². The van der Waals surface area contributed by atoms with Gasteiger partial charge in [0, 0.05) is 6.04 Å². The van der Waals surface area contributed by atoms with Crippen molar-refractivity contribution in [2.24, 2.45) is 5.92 Å². The van der Waals surface area contributed by atoms with Crippen molar-refractivity contribution in [3.05, 3.63) is 29.8 Å². The van der Waals surface area contributed by atoms with Gasteiger partial charge in [-0.15, -0.1) is 0 Å². The van der Waals surface area contributed by atoms with Gasteiger partial charge in [0.05, 0.1) is 25.4 Å². The molecule has 0 fully saturated rings. The SMILES string of the molecule is C.C.C.C.C.CCC(C)CNC(C)COC(CC)COC(C)COc1ccc(C)cc1. The zero-order chi connectivity index (χ0) is 19.4. The lowest BCUT2D eigenvalue weighted by molar-refractivity contribution is -0.0543. The van der Waals surface area contributed by atoms with E-state index in [0.29, 0.717) is 31.8 Å². The second-order valence-electron chi connectivity index (χ2n) is 7.45. The summed E-state index contributed by atoms with van der Waals surface area (Å²) in [5.74, 6) is 1.59. The molecule has 4 atom stereocenters. The summed E-state index contributed by atoms with van der Waals surface area (Å²) in [5.41, 5.74) is 1.23. The normalized spacial score (nSPS) is 13.5. The Morgan fingerprint density at radius 3 is 1.87 bits per heavy atom. The Morgan fingerprint density at radius 1 is 0.774 bits per heavy atom. The minimum absolute atomic E-state index is 0. The molecule has 0 spiro atoms. The van der Waals surface area contributed by atoms with E-state index in [2.05, 4.69) is 52.1 Å². The summed E-state index contributed by atoms with van der Waals surface area (Å²) in [4.78, 5) is 0. The van der Waals surface area contributed by atoms with Crippen molar-refractivity contribution in [1.29, 1.82) is 0 Å². The average Bonchev–Trinajstić information content (AvgIpc) is 2.65. The van der Waals surface area contributed by atoms with Gasteiger partial charge in [0.1, 0.15) is 12.4 Å². The van der Waals surface area contributed by atoms with E-state index in [1.165, 1.54) is 12.0 Å². The largest absolute Gasteiger partial charge is 0.491 e. The molecule has 4 nitrogen and oxygen atoms in total. The Morgan fingerprint density at radius 2 is 1.35 bits per heavy atom. The molecule has 1 aromatic carbocycles. The van der Waals surface area contributed by atoms with E-state index < -0.39 is 0 Å². The van der Waals surface area contributed by atoms with Crippen molar-refractivity contribution >= 4 is 0 Å². The van der Waals surface area contributed by atoms with E-state index >= 15 is 0 Å². The second-order valence-corrected chi connectivity index (χ2v) is 7.45. The van der Waals surface area contributed by atoms with Gasteiger partial charge in [-0.05, 0) is 51.8 Å². The first-order chi connectivity index (χ1) is 12.4. The molecular weight excluding hydrogens is 386 g/mol. The lowest BCUT2D eigenvalue weighted by Gasteiger charge is -2.23. The van der Waals surface area contributed by atoms with E-state index in [1.807, 2.05) is 19.1 Å². The molecule has 0 saturated carbocycles. The summed E-state index contributed by atoms with van der Waals surface area (Å²) in [6.07, 6.45) is 2.32. The molecule has 1 aromatic rings. The quantitative estimate of drug-likeness (QED) is 0.317. The van der Waals surface area contributed by atoms with Gasteiger partial charge in [0.2, 0.25) is 0 Å². The van der Waals surface area contributed by atoms with Crippen LogP contribution in [0.5, 0.6) is 5.75 Å². The summed E-state index contributed by atoms with van der Waals surface area (Å²) < 4.78 is 17.7. The molecule has 4 heteroatoms. The standard InChI is InChI=1S/C22H39NO3.5CH4/c1-7-17(3)13-23-19(5)14-25-21(8-2)16-24-20(6)15-26-22-11-9-18(4)10-12-22;;;;;/h9-12,17,19-21,23H,7-8,13-16H2,1-6H3;5*1H4. The van der Waals surface area contributed by atoms with Crippen LogP contribution in [0, 0.1) is 12.8 Å². The van der Waals surface area contributed by atoms with Crippen molar-refractivity contribution in [3.63, 3.8) is 0 Å². The Balaban J connectivity index is -0.000000451. The predicted molar refractivity (Wildman–Crippen MR) is 143 cm³/mol. The number of benzene rings is 1. The molecule has 31 heavy (non-hydrogen) atoms. The van der Waals surface area contributed by atoms with Crippen molar-refractivity contribution in [2.45, 2.75) is 110 Å². The highest BCUT2D eigenvalue weighted by atomic mass is 16.6. The first-order valence-corrected chi connectivity index (χ1v) is 10.1. The van der Waals surface area contributed by atoms with Crippen molar-refractivity contribution < 1.29 is 14.2 Å². The zero-order valence-corrected chi connectivity index (χ0v) is 17.6. The minimum Gasteiger partial charge on any atom is -0.491 e. The van der Waals surface area contributed by atoms with Crippen LogP contribution in [-0.2, 0) is 9.47 Å². The Kier molecular flexibility index (Phi) is 30.6. The van der Waals surface area contributed by atoms with Crippen LogP contribution in [0.3, 0.4) is 0 Å². The monoisotopic (exact) mass is 445 g/mol. The second kappa shape index (κ2) is 23.6. The van der Waals surface area contributed by atoms with E-state index in [1.54, 1.807) is 0 Å². The number of nitrogens with one attached hydrogen (secondary N) is 1. The maximum Gasteiger partial charge on any atom is 0.119 e. The molecule has 0 aliphatic heterocycles. The summed E-state index contributed by atoms with van der Waals surface area (Å²) in [7, 11) is 0. The van der Waals surface area contributed by atoms with E-state index in [-0.39, 0.29) is 49.3 Å². The average molecular weight is 446 g/mol.